The average molecular weight is 272 g/mol. The van der Waals surface area contributed by atoms with Gasteiger partial charge in [0, 0.05) is 12.0 Å². The normalized spacial score (nSPS) is 23.0. The molecule has 0 saturated heterocycles. The molecule has 2 rings (SSSR count). The molecule has 7 heteroatoms. The van der Waals surface area contributed by atoms with E-state index in [4.69, 9.17) is 22.1 Å². The number of pyridine rings is 1. The van der Waals surface area contributed by atoms with Crippen LogP contribution in [0, 0.1) is 16.0 Å². The lowest BCUT2D eigenvalue weighted by atomic mass is 10.1. The Labute approximate surface area is 109 Å². The van der Waals surface area contributed by atoms with Crippen LogP contribution in [0.25, 0.3) is 0 Å². The molecule has 1 heterocycles. The van der Waals surface area contributed by atoms with Crippen molar-refractivity contribution < 1.29 is 9.66 Å². The minimum Gasteiger partial charge on any atom is -0.469 e. The molecule has 2 atom stereocenters. The molecular weight excluding hydrogens is 258 g/mol. The van der Waals surface area contributed by atoms with Gasteiger partial charge in [0.15, 0.2) is 0 Å². The molecule has 0 aliphatic heterocycles. The second-order valence-corrected chi connectivity index (χ2v) is 4.75. The van der Waals surface area contributed by atoms with Crippen molar-refractivity contribution in [3.63, 3.8) is 0 Å². The van der Waals surface area contributed by atoms with E-state index in [0.717, 1.165) is 19.3 Å². The summed E-state index contributed by atoms with van der Waals surface area (Å²) in [6.07, 6.45) is 4.11. The van der Waals surface area contributed by atoms with Gasteiger partial charge in [0.05, 0.1) is 16.1 Å². The Bertz CT molecular complexity index is 455. The van der Waals surface area contributed by atoms with Gasteiger partial charge in [0.25, 0.3) is 5.88 Å². The second-order valence-electron chi connectivity index (χ2n) is 4.32. The Morgan fingerprint density at radius 3 is 3.06 bits per heavy atom. The van der Waals surface area contributed by atoms with Crippen molar-refractivity contribution in [3.8, 4) is 5.88 Å². The van der Waals surface area contributed by atoms with E-state index in [1.165, 1.54) is 12.3 Å². The van der Waals surface area contributed by atoms with E-state index in [-0.39, 0.29) is 28.6 Å². The standard InChI is InChI=1S/C11H14ClN3O3/c12-8-4-9(15(16)17)11(14-6-8)18-10-3-1-2-7(10)5-13/h4,6-7,10H,1-3,5,13H2. The maximum absolute atomic E-state index is 10.9. The zero-order valence-electron chi connectivity index (χ0n) is 9.71. The van der Waals surface area contributed by atoms with Crippen molar-refractivity contribution in [1.29, 1.82) is 0 Å². The van der Waals surface area contributed by atoms with Gasteiger partial charge in [-0.3, -0.25) is 10.1 Å². The fourth-order valence-corrected chi connectivity index (χ4v) is 2.36. The summed E-state index contributed by atoms with van der Waals surface area (Å²) in [4.78, 5) is 14.3. The summed E-state index contributed by atoms with van der Waals surface area (Å²) in [6.45, 7) is 0.520. The van der Waals surface area contributed by atoms with E-state index < -0.39 is 4.92 Å². The van der Waals surface area contributed by atoms with Crippen LogP contribution in [0.2, 0.25) is 5.02 Å². The summed E-state index contributed by atoms with van der Waals surface area (Å²) in [5.41, 5.74) is 5.44. The van der Waals surface area contributed by atoms with Crippen LogP contribution in [-0.4, -0.2) is 22.6 Å². The van der Waals surface area contributed by atoms with Gasteiger partial charge >= 0.3 is 5.69 Å². The first kappa shape index (κ1) is 13.0. The van der Waals surface area contributed by atoms with E-state index >= 15 is 0 Å². The fourth-order valence-electron chi connectivity index (χ4n) is 2.21. The third-order valence-corrected chi connectivity index (χ3v) is 3.36. The summed E-state index contributed by atoms with van der Waals surface area (Å²) < 4.78 is 5.63. The Balaban J connectivity index is 2.20. The highest BCUT2D eigenvalue weighted by Gasteiger charge is 2.30. The lowest BCUT2D eigenvalue weighted by Gasteiger charge is -2.18. The minimum atomic E-state index is -0.541. The van der Waals surface area contributed by atoms with Gasteiger partial charge in [0.2, 0.25) is 0 Å². The zero-order valence-corrected chi connectivity index (χ0v) is 10.5. The Kier molecular flexibility index (Phi) is 3.98. The monoisotopic (exact) mass is 271 g/mol. The van der Waals surface area contributed by atoms with E-state index in [9.17, 15) is 10.1 Å². The maximum Gasteiger partial charge on any atom is 0.332 e. The first-order valence-corrected chi connectivity index (χ1v) is 6.16. The van der Waals surface area contributed by atoms with E-state index in [0.29, 0.717) is 6.54 Å². The smallest absolute Gasteiger partial charge is 0.332 e. The summed E-state index contributed by atoms with van der Waals surface area (Å²) in [5, 5.41) is 11.1. The predicted molar refractivity (Wildman–Crippen MR) is 66.7 cm³/mol. The molecule has 1 aliphatic rings. The van der Waals surface area contributed by atoms with E-state index in [2.05, 4.69) is 4.98 Å². The van der Waals surface area contributed by atoms with Gasteiger partial charge in [-0.25, -0.2) is 4.98 Å². The van der Waals surface area contributed by atoms with Crippen LogP contribution in [0.5, 0.6) is 5.88 Å². The van der Waals surface area contributed by atoms with Gasteiger partial charge in [0.1, 0.15) is 6.10 Å². The maximum atomic E-state index is 10.9. The number of nitro groups is 1. The second kappa shape index (κ2) is 5.49. The molecule has 1 aliphatic carbocycles. The predicted octanol–water partition coefficient (Wildman–Crippen LogP) is 2.15. The van der Waals surface area contributed by atoms with Gasteiger partial charge in [-0.1, -0.05) is 11.6 Å². The molecule has 1 saturated carbocycles. The topological polar surface area (TPSA) is 91.3 Å². The third-order valence-electron chi connectivity index (χ3n) is 3.15. The Hall–Kier alpha value is -1.40. The van der Waals surface area contributed by atoms with Crippen molar-refractivity contribution in [2.75, 3.05) is 6.54 Å². The van der Waals surface area contributed by atoms with Crippen LogP contribution >= 0.6 is 11.6 Å². The van der Waals surface area contributed by atoms with Crippen molar-refractivity contribution in [1.82, 2.24) is 4.98 Å². The van der Waals surface area contributed by atoms with Crippen molar-refractivity contribution >= 4 is 17.3 Å². The molecule has 18 heavy (non-hydrogen) atoms. The van der Waals surface area contributed by atoms with Crippen LogP contribution in [-0.2, 0) is 0 Å². The first-order valence-electron chi connectivity index (χ1n) is 5.78. The van der Waals surface area contributed by atoms with Gasteiger partial charge in [-0.15, -0.1) is 0 Å². The molecule has 0 radical (unpaired) electrons. The number of nitrogens with zero attached hydrogens (tertiary/aromatic N) is 2. The summed E-state index contributed by atoms with van der Waals surface area (Å²) in [7, 11) is 0. The SMILES string of the molecule is NCC1CCCC1Oc1ncc(Cl)cc1[N+](=O)[O-]. The lowest BCUT2D eigenvalue weighted by molar-refractivity contribution is -0.386. The zero-order chi connectivity index (χ0) is 13.1. The number of halogens is 1. The molecule has 0 spiro atoms. The Morgan fingerprint density at radius 2 is 2.39 bits per heavy atom. The summed E-state index contributed by atoms with van der Waals surface area (Å²) in [5.74, 6) is 0.261. The number of aromatic nitrogens is 1. The molecular formula is C11H14ClN3O3. The third kappa shape index (κ3) is 2.70. The molecule has 2 unspecified atom stereocenters. The highest BCUT2D eigenvalue weighted by atomic mass is 35.5. The van der Waals surface area contributed by atoms with Crippen LogP contribution in [0.3, 0.4) is 0 Å². The molecule has 1 aromatic heterocycles. The number of hydrogen-bond donors (Lipinski definition) is 1. The molecule has 2 N–H and O–H groups in total. The summed E-state index contributed by atoms with van der Waals surface area (Å²) >= 11 is 5.69. The molecule has 1 aromatic rings. The van der Waals surface area contributed by atoms with Crippen LogP contribution in [0.15, 0.2) is 12.3 Å². The van der Waals surface area contributed by atoms with Gasteiger partial charge in [-0.2, -0.15) is 0 Å². The number of rotatable bonds is 4. The number of hydrogen-bond acceptors (Lipinski definition) is 5. The largest absolute Gasteiger partial charge is 0.469 e. The molecule has 1 fully saturated rings. The highest BCUT2D eigenvalue weighted by molar-refractivity contribution is 6.30. The average Bonchev–Trinajstić information content (AvgIpc) is 2.78. The van der Waals surface area contributed by atoms with Gasteiger partial charge < -0.3 is 10.5 Å². The number of nitrogens with two attached hydrogens (primary N) is 1. The van der Waals surface area contributed by atoms with Crippen molar-refractivity contribution in [3.05, 3.63) is 27.4 Å². The van der Waals surface area contributed by atoms with Crippen LogP contribution < -0.4 is 10.5 Å². The van der Waals surface area contributed by atoms with Crippen LogP contribution in [0.4, 0.5) is 5.69 Å². The van der Waals surface area contributed by atoms with Crippen LogP contribution in [0.1, 0.15) is 19.3 Å². The van der Waals surface area contributed by atoms with Gasteiger partial charge in [-0.05, 0) is 25.8 Å². The van der Waals surface area contributed by atoms with Crippen molar-refractivity contribution in [2.45, 2.75) is 25.4 Å². The molecule has 0 bridgehead atoms. The molecule has 98 valence electrons. The van der Waals surface area contributed by atoms with Crippen molar-refractivity contribution in [2.24, 2.45) is 11.7 Å². The highest BCUT2D eigenvalue weighted by Crippen LogP contribution is 2.33. The molecule has 0 aromatic carbocycles. The Morgan fingerprint density at radius 1 is 1.61 bits per heavy atom. The molecule has 0 amide bonds. The minimum absolute atomic E-state index is 0.0229. The molecule has 6 nitrogen and oxygen atoms in total. The fraction of sp³-hybridized carbons (Fsp3) is 0.545. The number of ether oxygens (including phenoxy) is 1. The quantitative estimate of drug-likeness (QED) is 0.669. The summed E-state index contributed by atoms with van der Waals surface area (Å²) in [6, 6.07) is 1.25. The first-order chi connectivity index (χ1) is 8.61. The van der Waals surface area contributed by atoms with E-state index in [1.807, 2.05) is 0 Å². The lowest BCUT2D eigenvalue weighted by Crippen LogP contribution is -2.28. The van der Waals surface area contributed by atoms with E-state index in [1.54, 1.807) is 0 Å².